The summed E-state index contributed by atoms with van der Waals surface area (Å²) in [6, 6.07) is 0. The standard InChI is InChI=1S/C9H4F8O3S/c1-2-3(8(12,13)14)5(10)7(21-20-19-18)6(11)4(2)9(15,16)17/h18H,1H3. The highest BCUT2D eigenvalue weighted by atomic mass is 32.2. The van der Waals surface area contributed by atoms with Gasteiger partial charge in [-0.3, -0.25) is 0 Å². The number of halogens is 8. The summed E-state index contributed by atoms with van der Waals surface area (Å²) >= 11 is -0.679. The lowest BCUT2D eigenvalue weighted by atomic mass is 10.00. The SMILES string of the molecule is Cc1c(C(F)(F)F)c(F)c(SOOO)c(F)c1C(F)(F)F. The van der Waals surface area contributed by atoms with Gasteiger partial charge in [0.2, 0.25) is 0 Å². The van der Waals surface area contributed by atoms with Crippen molar-refractivity contribution in [2.24, 2.45) is 0 Å². The van der Waals surface area contributed by atoms with Crippen molar-refractivity contribution < 1.29 is 49.8 Å². The number of hydrogen-bond acceptors (Lipinski definition) is 4. The molecule has 0 saturated heterocycles. The summed E-state index contributed by atoms with van der Waals surface area (Å²) in [5.74, 6) is -4.62. The highest BCUT2D eigenvalue weighted by Gasteiger charge is 2.46. The molecule has 0 bridgehead atoms. The van der Waals surface area contributed by atoms with Crippen LogP contribution in [0.5, 0.6) is 0 Å². The third kappa shape index (κ3) is 3.56. The fourth-order valence-electron chi connectivity index (χ4n) is 1.57. The van der Waals surface area contributed by atoms with Gasteiger partial charge in [0.25, 0.3) is 0 Å². The number of hydrogen-bond donors (Lipinski definition) is 1. The molecule has 21 heavy (non-hydrogen) atoms. The van der Waals surface area contributed by atoms with Gasteiger partial charge < -0.3 is 0 Å². The van der Waals surface area contributed by atoms with Crippen molar-refractivity contribution in [3.05, 3.63) is 28.3 Å². The zero-order chi connectivity index (χ0) is 16.6. The molecule has 0 saturated carbocycles. The van der Waals surface area contributed by atoms with Crippen molar-refractivity contribution in [2.45, 2.75) is 24.2 Å². The van der Waals surface area contributed by atoms with Gasteiger partial charge in [-0.15, -0.1) is 4.33 Å². The normalized spacial score (nSPS) is 12.9. The molecule has 1 rings (SSSR count). The van der Waals surface area contributed by atoms with E-state index in [1.807, 2.05) is 0 Å². The minimum absolute atomic E-state index is 0.287. The number of benzene rings is 1. The van der Waals surface area contributed by atoms with Gasteiger partial charge in [-0.05, 0) is 12.5 Å². The minimum Gasteiger partial charge on any atom is -0.220 e. The van der Waals surface area contributed by atoms with Crippen LogP contribution in [0.15, 0.2) is 4.90 Å². The Morgan fingerprint density at radius 1 is 0.905 bits per heavy atom. The van der Waals surface area contributed by atoms with E-state index in [4.69, 9.17) is 5.26 Å². The van der Waals surface area contributed by atoms with Crippen LogP contribution in [0.4, 0.5) is 35.1 Å². The molecule has 1 N–H and O–H groups in total. The van der Waals surface area contributed by atoms with Crippen LogP contribution in [0.3, 0.4) is 0 Å². The van der Waals surface area contributed by atoms with Gasteiger partial charge in [0.05, 0.1) is 23.2 Å². The molecule has 0 aromatic heterocycles. The van der Waals surface area contributed by atoms with E-state index in [1.54, 1.807) is 0 Å². The van der Waals surface area contributed by atoms with Crippen molar-refractivity contribution in [1.29, 1.82) is 0 Å². The molecule has 12 heteroatoms. The Morgan fingerprint density at radius 2 is 1.29 bits per heavy atom. The Kier molecular flexibility index (Phi) is 5.08. The van der Waals surface area contributed by atoms with E-state index in [0.717, 1.165) is 0 Å². The fraction of sp³-hybridized carbons (Fsp3) is 0.333. The first-order valence-electron chi connectivity index (χ1n) is 4.73. The maximum atomic E-state index is 13.6. The lowest BCUT2D eigenvalue weighted by molar-refractivity contribution is -0.432. The second-order valence-corrected chi connectivity index (χ2v) is 4.26. The van der Waals surface area contributed by atoms with E-state index >= 15 is 0 Å². The minimum atomic E-state index is -5.50. The van der Waals surface area contributed by atoms with Crippen molar-refractivity contribution in [2.75, 3.05) is 0 Å². The topological polar surface area (TPSA) is 38.7 Å². The van der Waals surface area contributed by atoms with E-state index in [2.05, 4.69) is 9.37 Å². The van der Waals surface area contributed by atoms with Crippen LogP contribution in [-0.2, 0) is 21.7 Å². The molecule has 0 heterocycles. The van der Waals surface area contributed by atoms with Crippen LogP contribution in [0.25, 0.3) is 0 Å². The largest absolute Gasteiger partial charge is 0.419 e. The first-order chi connectivity index (χ1) is 9.42. The molecule has 1 aromatic carbocycles. The van der Waals surface area contributed by atoms with E-state index in [9.17, 15) is 35.1 Å². The maximum absolute atomic E-state index is 13.6. The summed E-state index contributed by atoms with van der Waals surface area (Å²) in [5, 5.41) is 10.7. The monoisotopic (exact) mass is 344 g/mol. The summed E-state index contributed by atoms with van der Waals surface area (Å²) in [4.78, 5) is -1.76. The molecule has 3 nitrogen and oxygen atoms in total. The molecule has 0 spiro atoms. The highest BCUT2D eigenvalue weighted by Crippen LogP contribution is 2.45. The molecule has 1 aromatic rings. The van der Waals surface area contributed by atoms with Crippen LogP contribution < -0.4 is 0 Å². The Morgan fingerprint density at radius 3 is 1.57 bits per heavy atom. The summed E-state index contributed by atoms with van der Waals surface area (Å²) in [6.07, 6.45) is -11.0. The first-order valence-corrected chi connectivity index (χ1v) is 5.47. The zero-order valence-corrected chi connectivity index (χ0v) is 10.5. The summed E-state index contributed by atoms with van der Waals surface area (Å²) in [6.45, 7) is 0.287. The predicted molar refractivity (Wildman–Crippen MR) is 51.8 cm³/mol. The van der Waals surface area contributed by atoms with E-state index in [-0.39, 0.29) is 6.92 Å². The van der Waals surface area contributed by atoms with Crippen molar-refractivity contribution in [3.63, 3.8) is 0 Å². The lowest BCUT2D eigenvalue weighted by Gasteiger charge is -2.19. The van der Waals surface area contributed by atoms with Crippen molar-refractivity contribution in [3.8, 4) is 0 Å². The van der Waals surface area contributed by atoms with Crippen molar-refractivity contribution >= 4 is 12.0 Å². The molecule has 0 amide bonds. The molecule has 120 valence electrons. The fourth-order valence-corrected chi connectivity index (χ4v) is 2.02. The predicted octanol–water partition coefficient (Wildman–Crippen LogP) is 4.74. The van der Waals surface area contributed by atoms with Gasteiger partial charge in [-0.1, -0.05) is 5.04 Å². The Bertz CT molecular complexity index is 498. The molecule has 0 unspecified atom stereocenters. The summed E-state index contributed by atoms with van der Waals surface area (Å²) < 4.78 is 107. The molecular weight excluding hydrogens is 340 g/mol. The van der Waals surface area contributed by atoms with Crippen LogP contribution >= 0.6 is 12.0 Å². The highest BCUT2D eigenvalue weighted by molar-refractivity contribution is 7.94. The lowest BCUT2D eigenvalue weighted by Crippen LogP contribution is -2.20. The third-order valence-electron chi connectivity index (χ3n) is 2.30. The van der Waals surface area contributed by atoms with E-state index in [0.29, 0.717) is 0 Å². The second kappa shape index (κ2) is 5.94. The quantitative estimate of drug-likeness (QED) is 0.372. The average Bonchev–Trinajstić information content (AvgIpc) is 2.24. The molecular formula is C9H4F8O3S. The smallest absolute Gasteiger partial charge is 0.220 e. The molecule has 0 aliphatic heterocycles. The van der Waals surface area contributed by atoms with Crippen LogP contribution in [-0.4, -0.2) is 5.26 Å². The van der Waals surface area contributed by atoms with Gasteiger partial charge >= 0.3 is 12.4 Å². The van der Waals surface area contributed by atoms with Gasteiger partial charge in [-0.25, -0.2) is 14.0 Å². The molecule has 0 atom stereocenters. The molecule has 0 aliphatic rings. The van der Waals surface area contributed by atoms with E-state index in [1.165, 1.54) is 0 Å². The summed E-state index contributed by atoms with van der Waals surface area (Å²) in [5.41, 5.74) is -6.24. The molecule has 0 aliphatic carbocycles. The molecule has 0 fully saturated rings. The van der Waals surface area contributed by atoms with Crippen LogP contribution in [0.1, 0.15) is 16.7 Å². The van der Waals surface area contributed by atoms with Crippen LogP contribution in [0.2, 0.25) is 0 Å². The van der Waals surface area contributed by atoms with Gasteiger partial charge in [0, 0.05) is 0 Å². The number of alkyl halides is 6. The Hall–Kier alpha value is -1.11. The Balaban J connectivity index is 3.75. The zero-order valence-electron chi connectivity index (χ0n) is 9.70. The average molecular weight is 344 g/mol. The first kappa shape index (κ1) is 17.9. The maximum Gasteiger partial charge on any atom is 0.419 e. The van der Waals surface area contributed by atoms with E-state index < -0.39 is 57.6 Å². The third-order valence-corrected chi connectivity index (χ3v) is 2.96. The Labute approximate surface area is 115 Å². The van der Waals surface area contributed by atoms with Gasteiger partial charge in [0.1, 0.15) is 4.90 Å². The van der Waals surface area contributed by atoms with Crippen molar-refractivity contribution in [1.82, 2.24) is 0 Å². The molecule has 0 radical (unpaired) electrons. The van der Waals surface area contributed by atoms with Crippen LogP contribution in [0, 0.1) is 18.6 Å². The van der Waals surface area contributed by atoms with Gasteiger partial charge in [0.15, 0.2) is 11.6 Å². The second-order valence-electron chi connectivity index (χ2n) is 3.55. The van der Waals surface area contributed by atoms with Gasteiger partial charge in [-0.2, -0.15) is 26.3 Å². The summed E-state index contributed by atoms with van der Waals surface area (Å²) in [7, 11) is 0. The number of rotatable bonds is 3.